The summed E-state index contributed by atoms with van der Waals surface area (Å²) in [6.45, 7) is 6.50. The standard InChI is InChI=1S/C28H31N7O3/c1-28(2,3)24-16-25(35(34-24)21-8-4-19(5-9-21)18-31-26(36)17-29)33-27(37)32-20-6-10-22(11-7-20)38-23-12-14-30-15-13-23/h4-16H,17-18,29H2,1-3H3,(H,31,36)(H2,32,33,37). The summed E-state index contributed by atoms with van der Waals surface area (Å²) in [5.41, 5.74) is 8.23. The number of ether oxygens (including phenoxy) is 1. The number of carbonyl (C=O) groups is 2. The number of nitrogens with one attached hydrogen (secondary N) is 3. The van der Waals surface area contributed by atoms with Gasteiger partial charge in [-0.05, 0) is 54.1 Å². The molecule has 196 valence electrons. The van der Waals surface area contributed by atoms with E-state index >= 15 is 0 Å². The third-order valence-electron chi connectivity index (χ3n) is 5.57. The van der Waals surface area contributed by atoms with Crippen LogP contribution in [0.1, 0.15) is 32.0 Å². The minimum Gasteiger partial charge on any atom is -0.457 e. The Labute approximate surface area is 221 Å². The van der Waals surface area contributed by atoms with Gasteiger partial charge in [-0.25, -0.2) is 9.48 Å². The number of aromatic nitrogens is 3. The second-order valence-electron chi connectivity index (χ2n) is 9.61. The predicted octanol–water partition coefficient (Wildman–Crippen LogP) is 4.58. The summed E-state index contributed by atoms with van der Waals surface area (Å²) < 4.78 is 7.46. The molecule has 2 aromatic carbocycles. The molecule has 0 saturated carbocycles. The largest absolute Gasteiger partial charge is 0.457 e. The molecule has 0 fully saturated rings. The molecule has 0 saturated heterocycles. The van der Waals surface area contributed by atoms with Crippen molar-refractivity contribution in [1.82, 2.24) is 20.1 Å². The van der Waals surface area contributed by atoms with Crippen LogP contribution in [0.3, 0.4) is 0 Å². The van der Waals surface area contributed by atoms with Gasteiger partial charge in [-0.2, -0.15) is 5.10 Å². The van der Waals surface area contributed by atoms with Crippen molar-refractivity contribution in [3.05, 3.63) is 90.4 Å². The molecule has 38 heavy (non-hydrogen) atoms. The molecule has 10 nitrogen and oxygen atoms in total. The number of hydrogen-bond acceptors (Lipinski definition) is 6. The van der Waals surface area contributed by atoms with Crippen molar-refractivity contribution in [3.63, 3.8) is 0 Å². The van der Waals surface area contributed by atoms with E-state index in [-0.39, 0.29) is 17.9 Å². The Morgan fingerprint density at radius 2 is 1.58 bits per heavy atom. The molecular weight excluding hydrogens is 482 g/mol. The fourth-order valence-electron chi connectivity index (χ4n) is 3.49. The lowest BCUT2D eigenvalue weighted by molar-refractivity contribution is -0.119. The highest BCUT2D eigenvalue weighted by Gasteiger charge is 2.21. The number of anilines is 2. The lowest BCUT2D eigenvalue weighted by Gasteiger charge is -2.14. The average Bonchev–Trinajstić information content (AvgIpc) is 3.33. The number of urea groups is 1. The number of amides is 3. The number of pyridine rings is 1. The summed E-state index contributed by atoms with van der Waals surface area (Å²) in [7, 11) is 0. The van der Waals surface area contributed by atoms with Gasteiger partial charge in [0.2, 0.25) is 5.91 Å². The fourth-order valence-corrected chi connectivity index (χ4v) is 3.49. The quantitative estimate of drug-likeness (QED) is 0.272. The van der Waals surface area contributed by atoms with Crippen LogP contribution < -0.4 is 26.4 Å². The van der Waals surface area contributed by atoms with Crippen LogP contribution in [0.4, 0.5) is 16.3 Å². The first-order chi connectivity index (χ1) is 18.2. The summed E-state index contributed by atoms with van der Waals surface area (Å²) in [4.78, 5) is 28.3. The summed E-state index contributed by atoms with van der Waals surface area (Å²) in [6.07, 6.45) is 3.31. The Balaban J connectivity index is 1.46. The van der Waals surface area contributed by atoms with Gasteiger partial charge in [0.1, 0.15) is 17.3 Å². The van der Waals surface area contributed by atoms with Gasteiger partial charge in [0.15, 0.2) is 0 Å². The molecule has 0 atom stereocenters. The summed E-state index contributed by atoms with van der Waals surface area (Å²) >= 11 is 0. The van der Waals surface area contributed by atoms with Crippen LogP contribution in [0, 0.1) is 0 Å². The fraction of sp³-hybridized carbons (Fsp3) is 0.214. The molecule has 0 spiro atoms. The van der Waals surface area contributed by atoms with Crippen LogP contribution in [0.15, 0.2) is 79.1 Å². The Kier molecular flexibility index (Phi) is 8.03. The number of hydrogen-bond donors (Lipinski definition) is 4. The molecule has 0 bridgehead atoms. The van der Waals surface area contributed by atoms with Crippen molar-refractivity contribution in [1.29, 1.82) is 0 Å². The molecule has 4 aromatic rings. The van der Waals surface area contributed by atoms with Crippen LogP contribution >= 0.6 is 0 Å². The van der Waals surface area contributed by atoms with Gasteiger partial charge in [0, 0.05) is 36.1 Å². The zero-order valence-corrected chi connectivity index (χ0v) is 21.6. The van der Waals surface area contributed by atoms with Gasteiger partial charge in [-0.3, -0.25) is 15.1 Å². The van der Waals surface area contributed by atoms with E-state index in [1.165, 1.54) is 0 Å². The Morgan fingerprint density at radius 1 is 0.921 bits per heavy atom. The van der Waals surface area contributed by atoms with Crippen LogP contribution in [0.2, 0.25) is 0 Å². The van der Waals surface area contributed by atoms with Crippen LogP contribution in [-0.4, -0.2) is 33.2 Å². The van der Waals surface area contributed by atoms with Gasteiger partial charge in [-0.1, -0.05) is 32.9 Å². The lowest BCUT2D eigenvalue weighted by Crippen LogP contribution is -2.29. The van der Waals surface area contributed by atoms with Gasteiger partial charge in [-0.15, -0.1) is 0 Å². The summed E-state index contributed by atoms with van der Waals surface area (Å²) in [5, 5.41) is 13.2. The number of benzene rings is 2. The van der Waals surface area contributed by atoms with E-state index in [9.17, 15) is 9.59 Å². The third kappa shape index (κ3) is 6.95. The van der Waals surface area contributed by atoms with Crippen molar-refractivity contribution in [2.45, 2.75) is 32.7 Å². The number of rotatable bonds is 8. The van der Waals surface area contributed by atoms with E-state index in [0.717, 1.165) is 16.9 Å². The number of nitrogens with two attached hydrogens (primary N) is 1. The van der Waals surface area contributed by atoms with Gasteiger partial charge in [0.25, 0.3) is 0 Å². The zero-order chi connectivity index (χ0) is 27.1. The van der Waals surface area contributed by atoms with E-state index in [2.05, 4.69) is 41.7 Å². The monoisotopic (exact) mass is 513 g/mol. The van der Waals surface area contributed by atoms with E-state index in [1.807, 2.05) is 30.3 Å². The molecule has 0 unspecified atom stereocenters. The van der Waals surface area contributed by atoms with E-state index in [4.69, 9.17) is 15.6 Å². The van der Waals surface area contributed by atoms with Gasteiger partial charge in [0.05, 0.1) is 17.9 Å². The van der Waals surface area contributed by atoms with Crippen LogP contribution in [0.5, 0.6) is 11.5 Å². The molecule has 2 aromatic heterocycles. The van der Waals surface area contributed by atoms with E-state index < -0.39 is 6.03 Å². The van der Waals surface area contributed by atoms with Crippen molar-refractivity contribution >= 4 is 23.4 Å². The topological polar surface area (TPSA) is 136 Å². The molecule has 0 aliphatic rings. The average molecular weight is 514 g/mol. The second kappa shape index (κ2) is 11.6. The summed E-state index contributed by atoms with van der Waals surface area (Å²) in [5.74, 6) is 1.62. The van der Waals surface area contributed by atoms with E-state index in [0.29, 0.717) is 29.5 Å². The minimum atomic E-state index is -0.407. The van der Waals surface area contributed by atoms with Crippen LogP contribution in [0.25, 0.3) is 5.69 Å². The Hall–Kier alpha value is -4.70. The van der Waals surface area contributed by atoms with E-state index in [1.54, 1.807) is 53.5 Å². The van der Waals surface area contributed by atoms with Crippen LogP contribution in [-0.2, 0) is 16.8 Å². The second-order valence-corrected chi connectivity index (χ2v) is 9.61. The molecule has 5 N–H and O–H groups in total. The third-order valence-corrected chi connectivity index (χ3v) is 5.57. The van der Waals surface area contributed by atoms with Crippen molar-refractivity contribution in [3.8, 4) is 17.2 Å². The van der Waals surface area contributed by atoms with Gasteiger partial charge < -0.3 is 21.1 Å². The van der Waals surface area contributed by atoms with Crippen molar-refractivity contribution in [2.75, 3.05) is 17.2 Å². The Morgan fingerprint density at radius 3 is 2.21 bits per heavy atom. The minimum absolute atomic E-state index is 0.0540. The molecule has 3 amide bonds. The first kappa shape index (κ1) is 26.4. The number of nitrogens with zero attached hydrogens (tertiary/aromatic N) is 3. The van der Waals surface area contributed by atoms with Crippen molar-refractivity contribution in [2.24, 2.45) is 5.73 Å². The first-order valence-electron chi connectivity index (χ1n) is 12.1. The predicted molar refractivity (Wildman–Crippen MR) is 147 cm³/mol. The number of carbonyl (C=O) groups excluding carboxylic acids is 2. The SMILES string of the molecule is CC(C)(C)c1cc(NC(=O)Nc2ccc(Oc3ccncc3)cc2)n(-c2ccc(CNC(=O)CN)cc2)n1. The molecule has 4 rings (SSSR count). The molecule has 2 heterocycles. The van der Waals surface area contributed by atoms with Gasteiger partial charge >= 0.3 is 6.03 Å². The maximum absolute atomic E-state index is 12.9. The normalized spacial score (nSPS) is 11.1. The lowest BCUT2D eigenvalue weighted by atomic mass is 9.92. The highest BCUT2D eigenvalue weighted by atomic mass is 16.5. The maximum atomic E-state index is 12.9. The maximum Gasteiger partial charge on any atom is 0.324 e. The van der Waals surface area contributed by atoms with Crippen molar-refractivity contribution < 1.29 is 14.3 Å². The molecule has 10 heteroatoms. The first-order valence-corrected chi connectivity index (χ1v) is 12.1. The summed E-state index contributed by atoms with van der Waals surface area (Å²) in [6, 6.07) is 19.6. The molecular formula is C28H31N7O3. The highest BCUT2D eigenvalue weighted by Crippen LogP contribution is 2.27. The zero-order valence-electron chi connectivity index (χ0n) is 21.6. The molecule has 0 aliphatic carbocycles. The highest BCUT2D eigenvalue weighted by molar-refractivity contribution is 5.99. The Bertz CT molecular complexity index is 1380. The smallest absolute Gasteiger partial charge is 0.324 e. The molecule has 0 aliphatic heterocycles. The molecule has 0 radical (unpaired) electrons.